The number of hydrogen-bond acceptors (Lipinski definition) is 3. The summed E-state index contributed by atoms with van der Waals surface area (Å²) in [4.78, 5) is 26.8. The fourth-order valence-electron chi connectivity index (χ4n) is 2.96. The summed E-state index contributed by atoms with van der Waals surface area (Å²) in [5.74, 6) is -0.650. The third-order valence-corrected chi connectivity index (χ3v) is 4.49. The lowest BCUT2D eigenvalue weighted by Gasteiger charge is -2.19. The van der Waals surface area contributed by atoms with E-state index in [4.69, 9.17) is 5.21 Å². The number of amides is 3. The molecule has 0 aromatic heterocycles. The number of benzene rings is 2. The molecule has 0 atom stereocenters. The first-order chi connectivity index (χ1) is 13.8. The summed E-state index contributed by atoms with van der Waals surface area (Å²) in [5, 5.41) is 8.46. The maximum atomic E-state index is 12.7. The zero-order chi connectivity index (χ0) is 21.0. The average molecular weight is 405 g/mol. The average Bonchev–Trinajstić information content (AvgIpc) is 3.06. The molecule has 6 nitrogen and oxygen atoms in total. The normalized spacial score (nSPS) is 14.7. The van der Waals surface area contributed by atoms with E-state index in [9.17, 15) is 22.8 Å². The molecule has 0 spiro atoms. The van der Waals surface area contributed by atoms with Crippen molar-refractivity contribution in [2.45, 2.75) is 12.7 Å². The molecule has 1 heterocycles. The maximum Gasteiger partial charge on any atom is 0.416 e. The first kappa shape index (κ1) is 20.4. The van der Waals surface area contributed by atoms with Crippen LogP contribution in [0.3, 0.4) is 0 Å². The molecule has 0 unspecified atom stereocenters. The van der Waals surface area contributed by atoms with Gasteiger partial charge in [0.15, 0.2) is 0 Å². The fourth-order valence-corrected chi connectivity index (χ4v) is 2.96. The molecule has 2 aromatic carbocycles. The molecular formula is C20H18F3N3O3. The van der Waals surface area contributed by atoms with Gasteiger partial charge in [-0.25, -0.2) is 10.3 Å². The molecule has 152 valence electrons. The summed E-state index contributed by atoms with van der Waals surface area (Å²) in [5.41, 5.74) is 2.78. The highest BCUT2D eigenvalue weighted by Gasteiger charge is 2.31. The molecule has 29 heavy (non-hydrogen) atoms. The number of hydroxylamine groups is 1. The highest BCUT2D eigenvalue weighted by Crippen LogP contribution is 2.29. The van der Waals surface area contributed by atoms with Gasteiger partial charge in [-0.15, -0.1) is 0 Å². The minimum absolute atomic E-state index is 0.227. The zero-order valence-corrected chi connectivity index (χ0v) is 15.2. The molecule has 0 aliphatic carbocycles. The van der Waals surface area contributed by atoms with Crippen molar-refractivity contribution in [2.24, 2.45) is 0 Å². The Morgan fingerprint density at radius 3 is 2.31 bits per heavy atom. The highest BCUT2D eigenvalue weighted by atomic mass is 19.4. The van der Waals surface area contributed by atoms with Gasteiger partial charge >= 0.3 is 12.2 Å². The van der Waals surface area contributed by atoms with E-state index in [2.05, 4.69) is 0 Å². The molecule has 2 N–H and O–H groups in total. The molecule has 3 rings (SSSR count). The summed E-state index contributed by atoms with van der Waals surface area (Å²) in [7, 11) is 0. The van der Waals surface area contributed by atoms with Crippen LogP contribution in [0.25, 0.3) is 6.08 Å². The van der Waals surface area contributed by atoms with Crippen molar-refractivity contribution in [1.82, 2.24) is 10.4 Å². The number of nitrogens with one attached hydrogen (secondary N) is 1. The molecular weight excluding hydrogens is 387 g/mol. The number of alkyl halides is 3. The maximum absolute atomic E-state index is 12.7. The number of carbonyl (C=O) groups is 2. The zero-order valence-electron chi connectivity index (χ0n) is 15.2. The monoisotopic (exact) mass is 405 g/mol. The topological polar surface area (TPSA) is 72.9 Å². The molecule has 0 radical (unpaired) electrons. The molecule has 9 heteroatoms. The molecule has 1 aliphatic rings. The number of urea groups is 1. The Hall–Kier alpha value is -3.33. The smallest absolute Gasteiger partial charge is 0.318 e. The van der Waals surface area contributed by atoms with Crippen molar-refractivity contribution in [3.63, 3.8) is 0 Å². The van der Waals surface area contributed by atoms with Crippen LogP contribution in [0, 0.1) is 0 Å². The van der Waals surface area contributed by atoms with E-state index >= 15 is 0 Å². The summed E-state index contributed by atoms with van der Waals surface area (Å²) in [6.07, 6.45) is -1.71. The lowest BCUT2D eigenvalue weighted by molar-refractivity contribution is -0.137. The summed E-state index contributed by atoms with van der Waals surface area (Å²) < 4.78 is 38.0. The molecule has 3 amide bonds. The van der Waals surface area contributed by atoms with E-state index in [1.165, 1.54) is 29.8 Å². The van der Waals surface area contributed by atoms with E-state index in [1.807, 2.05) is 0 Å². The van der Waals surface area contributed by atoms with Crippen molar-refractivity contribution in [2.75, 3.05) is 18.0 Å². The van der Waals surface area contributed by atoms with Crippen molar-refractivity contribution in [1.29, 1.82) is 0 Å². The molecule has 0 saturated carbocycles. The van der Waals surface area contributed by atoms with Crippen LogP contribution in [0.1, 0.15) is 16.7 Å². The predicted molar refractivity (Wildman–Crippen MR) is 100 cm³/mol. The Labute approximate surface area is 164 Å². The quantitative estimate of drug-likeness (QED) is 0.453. The van der Waals surface area contributed by atoms with Gasteiger partial charge in [-0.3, -0.25) is 14.9 Å². The van der Waals surface area contributed by atoms with Crippen molar-refractivity contribution >= 4 is 23.7 Å². The third kappa shape index (κ3) is 4.94. The van der Waals surface area contributed by atoms with Gasteiger partial charge in [-0.1, -0.05) is 24.3 Å². The SMILES string of the molecule is O=C(/C=C/c1ccc(N2CCN(Cc3ccc(C(F)(F)F)cc3)C2=O)cc1)NO. The minimum atomic E-state index is -4.39. The van der Waals surface area contributed by atoms with Crippen LogP contribution < -0.4 is 10.4 Å². The van der Waals surface area contributed by atoms with Crippen molar-refractivity contribution in [3.05, 3.63) is 71.3 Å². The van der Waals surface area contributed by atoms with Crippen LogP contribution in [0.4, 0.5) is 23.7 Å². The van der Waals surface area contributed by atoms with E-state index < -0.39 is 17.6 Å². The number of halogens is 3. The highest BCUT2D eigenvalue weighted by molar-refractivity contribution is 5.94. The molecule has 1 saturated heterocycles. The molecule has 0 bridgehead atoms. The fraction of sp³-hybridized carbons (Fsp3) is 0.200. The van der Waals surface area contributed by atoms with E-state index in [1.54, 1.807) is 34.1 Å². The predicted octanol–water partition coefficient (Wildman–Crippen LogP) is 3.67. The molecule has 2 aromatic rings. The second kappa shape index (κ2) is 8.36. The van der Waals surface area contributed by atoms with Crippen molar-refractivity contribution in [3.8, 4) is 0 Å². The van der Waals surface area contributed by atoms with Gasteiger partial charge < -0.3 is 4.90 Å². The number of anilines is 1. The van der Waals surface area contributed by atoms with Crippen LogP contribution in [-0.2, 0) is 17.5 Å². The Morgan fingerprint density at radius 1 is 1.07 bits per heavy atom. The van der Waals surface area contributed by atoms with Crippen LogP contribution in [0.2, 0.25) is 0 Å². The molecule has 1 aliphatic heterocycles. The number of hydrogen-bond donors (Lipinski definition) is 2. The largest absolute Gasteiger partial charge is 0.416 e. The van der Waals surface area contributed by atoms with E-state index in [0.29, 0.717) is 29.9 Å². The molecule has 1 fully saturated rings. The van der Waals surface area contributed by atoms with Crippen LogP contribution >= 0.6 is 0 Å². The van der Waals surface area contributed by atoms with Crippen LogP contribution in [0.5, 0.6) is 0 Å². The number of rotatable bonds is 5. The van der Waals surface area contributed by atoms with Gasteiger partial charge in [0.05, 0.1) is 5.56 Å². The van der Waals surface area contributed by atoms with Gasteiger partial charge in [0.1, 0.15) is 0 Å². The first-order valence-electron chi connectivity index (χ1n) is 8.73. The number of nitrogens with zero attached hydrogens (tertiary/aromatic N) is 2. The lowest BCUT2D eigenvalue weighted by Crippen LogP contribution is -2.31. The summed E-state index contributed by atoms with van der Waals surface area (Å²) >= 11 is 0. The van der Waals surface area contributed by atoms with Gasteiger partial charge in [-0.2, -0.15) is 13.2 Å². The Bertz CT molecular complexity index is 909. The second-order valence-corrected chi connectivity index (χ2v) is 6.45. The standard InChI is InChI=1S/C20H18F3N3O3/c21-20(22,23)16-6-1-15(2-7-16)13-25-11-12-26(19(25)28)17-8-3-14(4-9-17)5-10-18(27)24-29/h1-10,29H,11-13H2,(H,24,27)/b10-5+. The van der Waals surface area contributed by atoms with Gasteiger partial charge in [-0.05, 0) is 41.5 Å². The Morgan fingerprint density at radius 2 is 1.72 bits per heavy atom. The van der Waals surface area contributed by atoms with Gasteiger partial charge in [0.2, 0.25) is 0 Å². The second-order valence-electron chi connectivity index (χ2n) is 6.45. The van der Waals surface area contributed by atoms with Crippen LogP contribution in [0.15, 0.2) is 54.6 Å². The van der Waals surface area contributed by atoms with E-state index in [0.717, 1.165) is 12.1 Å². The van der Waals surface area contributed by atoms with Gasteiger partial charge in [0.25, 0.3) is 5.91 Å². The minimum Gasteiger partial charge on any atom is -0.318 e. The lowest BCUT2D eigenvalue weighted by atomic mass is 10.1. The first-order valence-corrected chi connectivity index (χ1v) is 8.73. The van der Waals surface area contributed by atoms with Crippen LogP contribution in [-0.4, -0.2) is 35.1 Å². The summed E-state index contributed by atoms with van der Waals surface area (Å²) in [6, 6.07) is 11.5. The summed E-state index contributed by atoms with van der Waals surface area (Å²) in [6.45, 7) is 1.14. The number of carbonyl (C=O) groups excluding carboxylic acids is 2. The van der Waals surface area contributed by atoms with Crippen molar-refractivity contribution < 1.29 is 28.0 Å². The Balaban J connectivity index is 1.63. The third-order valence-electron chi connectivity index (χ3n) is 4.49. The van der Waals surface area contributed by atoms with E-state index in [-0.39, 0.29) is 12.6 Å². The Kier molecular flexibility index (Phi) is 5.88. The van der Waals surface area contributed by atoms with Gasteiger partial charge in [0, 0.05) is 31.4 Å².